The van der Waals surface area contributed by atoms with Crippen LogP contribution < -0.4 is 16.4 Å². The van der Waals surface area contributed by atoms with Crippen LogP contribution >= 0.6 is 0 Å². The Labute approximate surface area is 143 Å². The maximum Gasteiger partial charge on any atom is 0.416 e. The van der Waals surface area contributed by atoms with E-state index in [4.69, 9.17) is 11.5 Å². The highest BCUT2D eigenvalue weighted by Gasteiger charge is 2.30. The van der Waals surface area contributed by atoms with Gasteiger partial charge in [-0.15, -0.1) is 0 Å². The average molecular weight is 351 g/mol. The summed E-state index contributed by atoms with van der Waals surface area (Å²) in [5, 5.41) is 0. The molecule has 8 heteroatoms. The van der Waals surface area contributed by atoms with Crippen LogP contribution in [-0.4, -0.2) is 23.1 Å². The monoisotopic (exact) mass is 351 g/mol. The first-order valence-corrected chi connectivity index (χ1v) is 7.99. The molecule has 0 aliphatic heterocycles. The Morgan fingerprint density at radius 1 is 1.16 bits per heavy atom. The van der Waals surface area contributed by atoms with Crippen LogP contribution in [0.1, 0.15) is 35.6 Å². The quantitative estimate of drug-likeness (QED) is 0.885. The number of benzene rings is 1. The summed E-state index contributed by atoms with van der Waals surface area (Å²) in [6.07, 6.45) is -2.58. The number of hydrogen-bond donors (Lipinski definition) is 2. The van der Waals surface area contributed by atoms with Crippen LogP contribution in [0.25, 0.3) is 0 Å². The molecule has 1 aliphatic rings. The fraction of sp³-hybridized carbons (Fsp3) is 0.412. The molecule has 3 rings (SSSR count). The molecule has 1 heterocycles. The molecule has 5 nitrogen and oxygen atoms in total. The van der Waals surface area contributed by atoms with E-state index in [1.54, 1.807) is 0 Å². The number of rotatable bonds is 4. The maximum absolute atomic E-state index is 12.6. The molecule has 0 spiro atoms. The SMILES string of the molecule is CN(Cc1ccc(C(F)(F)F)cc1)c1cc(C2CC(N)C2)nc(N)n1. The van der Waals surface area contributed by atoms with Gasteiger partial charge < -0.3 is 16.4 Å². The van der Waals surface area contributed by atoms with Crippen molar-refractivity contribution in [2.24, 2.45) is 5.73 Å². The zero-order chi connectivity index (χ0) is 18.2. The largest absolute Gasteiger partial charge is 0.416 e. The third kappa shape index (κ3) is 4.01. The molecule has 0 amide bonds. The highest BCUT2D eigenvalue weighted by atomic mass is 19.4. The van der Waals surface area contributed by atoms with E-state index in [0.717, 1.165) is 36.2 Å². The van der Waals surface area contributed by atoms with Crippen molar-refractivity contribution >= 4 is 11.8 Å². The van der Waals surface area contributed by atoms with Crippen molar-refractivity contribution in [2.75, 3.05) is 17.7 Å². The van der Waals surface area contributed by atoms with Gasteiger partial charge in [-0.25, -0.2) is 4.98 Å². The zero-order valence-electron chi connectivity index (χ0n) is 13.8. The number of aromatic nitrogens is 2. The predicted molar refractivity (Wildman–Crippen MR) is 89.9 cm³/mol. The van der Waals surface area contributed by atoms with Crippen molar-refractivity contribution in [2.45, 2.75) is 37.5 Å². The minimum absolute atomic E-state index is 0.187. The summed E-state index contributed by atoms with van der Waals surface area (Å²) in [4.78, 5) is 10.3. The molecular formula is C17H20F3N5. The minimum Gasteiger partial charge on any atom is -0.368 e. The number of hydrogen-bond acceptors (Lipinski definition) is 5. The second-order valence-electron chi connectivity index (χ2n) is 6.49. The van der Waals surface area contributed by atoms with Crippen LogP contribution in [-0.2, 0) is 12.7 Å². The van der Waals surface area contributed by atoms with E-state index in [0.29, 0.717) is 18.3 Å². The van der Waals surface area contributed by atoms with Crippen LogP contribution in [0.3, 0.4) is 0 Å². The number of alkyl halides is 3. The summed E-state index contributed by atoms with van der Waals surface area (Å²) < 4.78 is 37.9. The Bertz CT molecular complexity index is 739. The molecule has 1 saturated carbocycles. The molecule has 1 aromatic heterocycles. The number of nitrogens with two attached hydrogens (primary N) is 2. The van der Waals surface area contributed by atoms with Gasteiger partial charge in [-0.2, -0.15) is 18.2 Å². The smallest absolute Gasteiger partial charge is 0.368 e. The van der Waals surface area contributed by atoms with Crippen LogP contribution in [0.15, 0.2) is 30.3 Å². The van der Waals surface area contributed by atoms with Gasteiger partial charge in [0.05, 0.1) is 11.3 Å². The van der Waals surface area contributed by atoms with Gasteiger partial charge in [-0.05, 0) is 30.5 Å². The van der Waals surface area contributed by atoms with Crippen molar-refractivity contribution in [1.82, 2.24) is 9.97 Å². The van der Waals surface area contributed by atoms with E-state index in [2.05, 4.69) is 9.97 Å². The normalized spacial score (nSPS) is 20.2. The van der Waals surface area contributed by atoms with Gasteiger partial charge in [0.1, 0.15) is 5.82 Å². The van der Waals surface area contributed by atoms with Crippen LogP contribution in [0, 0.1) is 0 Å². The molecular weight excluding hydrogens is 331 g/mol. The maximum atomic E-state index is 12.6. The lowest BCUT2D eigenvalue weighted by atomic mass is 9.78. The van der Waals surface area contributed by atoms with Gasteiger partial charge >= 0.3 is 6.18 Å². The van der Waals surface area contributed by atoms with E-state index in [-0.39, 0.29) is 12.0 Å². The lowest BCUT2D eigenvalue weighted by molar-refractivity contribution is -0.137. The fourth-order valence-electron chi connectivity index (χ4n) is 2.93. The third-order valence-electron chi connectivity index (χ3n) is 4.43. The molecule has 0 bridgehead atoms. The van der Waals surface area contributed by atoms with Gasteiger partial charge in [0.2, 0.25) is 5.95 Å². The molecule has 25 heavy (non-hydrogen) atoms. The minimum atomic E-state index is -4.33. The van der Waals surface area contributed by atoms with Crippen LogP contribution in [0.5, 0.6) is 0 Å². The van der Waals surface area contributed by atoms with Gasteiger partial charge in [-0.3, -0.25) is 0 Å². The first kappa shape index (κ1) is 17.5. The summed E-state index contributed by atoms with van der Waals surface area (Å²) in [5.74, 6) is 1.12. The Kier molecular flexibility index (Phi) is 4.55. The standard InChI is InChI=1S/C17H20F3N5/c1-25(9-10-2-4-12(5-3-10)17(18,19)20)15-8-14(23-16(22)24-15)11-6-13(21)7-11/h2-5,8,11,13H,6-7,9,21H2,1H3,(H2,22,23,24). The molecule has 0 saturated heterocycles. The summed E-state index contributed by atoms with van der Waals surface area (Å²) in [7, 11) is 1.82. The number of halogens is 3. The van der Waals surface area contributed by atoms with E-state index in [9.17, 15) is 13.2 Å². The number of nitrogens with zero attached hydrogens (tertiary/aromatic N) is 3. The van der Waals surface area contributed by atoms with Crippen molar-refractivity contribution in [3.63, 3.8) is 0 Å². The molecule has 2 aromatic rings. The highest BCUT2D eigenvalue weighted by Crippen LogP contribution is 2.36. The van der Waals surface area contributed by atoms with Crippen LogP contribution in [0.2, 0.25) is 0 Å². The first-order valence-electron chi connectivity index (χ1n) is 7.99. The van der Waals surface area contributed by atoms with Gasteiger partial charge in [0.15, 0.2) is 0 Å². The first-order chi connectivity index (χ1) is 11.7. The summed E-state index contributed by atoms with van der Waals surface area (Å²) in [6.45, 7) is 0.415. The predicted octanol–water partition coefficient (Wildman–Crippen LogP) is 2.92. The van der Waals surface area contributed by atoms with Gasteiger partial charge in [0.25, 0.3) is 0 Å². The third-order valence-corrected chi connectivity index (χ3v) is 4.43. The topological polar surface area (TPSA) is 81.1 Å². The number of nitrogen functional groups attached to an aromatic ring is 1. The zero-order valence-corrected chi connectivity index (χ0v) is 13.8. The Morgan fingerprint density at radius 2 is 1.80 bits per heavy atom. The summed E-state index contributed by atoms with van der Waals surface area (Å²) in [6, 6.07) is 7.18. The molecule has 1 aromatic carbocycles. The van der Waals surface area contributed by atoms with E-state index < -0.39 is 11.7 Å². The van der Waals surface area contributed by atoms with Crippen molar-refractivity contribution < 1.29 is 13.2 Å². The average Bonchev–Trinajstić information content (AvgIpc) is 2.51. The van der Waals surface area contributed by atoms with Gasteiger partial charge in [0, 0.05) is 31.6 Å². The fourth-order valence-corrected chi connectivity index (χ4v) is 2.93. The molecule has 0 unspecified atom stereocenters. The van der Waals surface area contributed by atoms with Crippen LogP contribution in [0.4, 0.5) is 24.9 Å². The second-order valence-corrected chi connectivity index (χ2v) is 6.49. The Morgan fingerprint density at radius 3 is 2.36 bits per heavy atom. The lowest BCUT2D eigenvalue weighted by Crippen LogP contribution is -2.35. The Hall–Kier alpha value is -2.35. The Balaban J connectivity index is 1.73. The molecule has 134 valence electrons. The molecule has 1 fully saturated rings. The van der Waals surface area contributed by atoms with Gasteiger partial charge in [-0.1, -0.05) is 12.1 Å². The molecule has 0 atom stereocenters. The molecule has 0 radical (unpaired) electrons. The molecule has 4 N–H and O–H groups in total. The summed E-state index contributed by atoms with van der Waals surface area (Å²) >= 11 is 0. The van der Waals surface area contributed by atoms with E-state index in [1.165, 1.54) is 12.1 Å². The second kappa shape index (κ2) is 6.51. The highest BCUT2D eigenvalue weighted by molar-refractivity contribution is 5.45. The van der Waals surface area contributed by atoms with E-state index >= 15 is 0 Å². The number of anilines is 2. The van der Waals surface area contributed by atoms with E-state index in [1.807, 2.05) is 18.0 Å². The molecule has 1 aliphatic carbocycles. The summed E-state index contributed by atoms with van der Waals surface area (Å²) in [5.41, 5.74) is 12.6. The lowest BCUT2D eigenvalue weighted by Gasteiger charge is -2.32. The van der Waals surface area contributed by atoms with Crippen molar-refractivity contribution in [1.29, 1.82) is 0 Å². The van der Waals surface area contributed by atoms with Crippen molar-refractivity contribution in [3.8, 4) is 0 Å². The van der Waals surface area contributed by atoms with Crippen molar-refractivity contribution in [3.05, 3.63) is 47.2 Å².